The Kier molecular flexibility index (Phi) is 6.59. The number of hydrogen-bond acceptors (Lipinski definition) is 3. The molecule has 23 heavy (non-hydrogen) atoms. The van der Waals surface area contributed by atoms with Crippen LogP contribution in [0.1, 0.15) is 46.0 Å². The maximum Gasteiger partial charge on any atom is 0.250 e. The number of amides is 2. The van der Waals surface area contributed by atoms with Gasteiger partial charge in [-0.15, -0.1) is 0 Å². The Morgan fingerprint density at radius 2 is 1.87 bits per heavy atom. The number of nitrogens with one attached hydrogen (secondary N) is 2. The summed E-state index contributed by atoms with van der Waals surface area (Å²) in [7, 11) is 0. The van der Waals surface area contributed by atoms with Crippen molar-refractivity contribution in [3.63, 3.8) is 0 Å². The lowest BCUT2D eigenvalue weighted by atomic mass is 9.89. The first-order valence-electron chi connectivity index (χ1n) is 8.38. The molecule has 2 atom stereocenters. The molecule has 0 saturated heterocycles. The fourth-order valence-electron chi connectivity index (χ4n) is 2.84. The molecule has 0 radical (unpaired) electrons. The lowest BCUT2D eigenvalue weighted by Gasteiger charge is -2.26. The van der Waals surface area contributed by atoms with E-state index in [1.54, 1.807) is 31.2 Å². The molecule has 2 N–H and O–H groups in total. The number of benzene rings is 1. The second-order valence-corrected chi connectivity index (χ2v) is 6.24. The van der Waals surface area contributed by atoms with Gasteiger partial charge in [0.25, 0.3) is 0 Å². The normalized spacial score (nSPS) is 20.8. The smallest absolute Gasteiger partial charge is 0.250 e. The average Bonchev–Trinajstić information content (AvgIpc) is 2.53. The maximum absolute atomic E-state index is 12.0. The summed E-state index contributed by atoms with van der Waals surface area (Å²) < 4.78 is 5.72. The van der Waals surface area contributed by atoms with Gasteiger partial charge in [-0.2, -0.15) is 0 Å². The summed E-state index contributed by atoms with van der Waals surface area (Å²) in [5.74, 6) is 0.459. The molecule has 1 aromatic carbocycles. The molecular weight excluding hydrogens is 292 g/mol. The highest BCUT2D eigenvalue weighted by atomic mass is 16.5. The molecule has 0 aliphatic heterocycles. The third-order valence-corrected chi connectivity index (χ3v) is 4.09. The van der Waals surface area contributed by atoms with Crippen molar-refractivity contribution in [1.82, 2.24) is 0 Å². The second-order valence-electron chi connectivity index (χ2n) is 6.24. The number of hydrogen-bond donors (Lipinski definition) is 2. The Balaban J connectivity index is 1.80. The molecule has 0 unspecified atom stereocenters. The van der Waals surface area contributed by atoms with Crippen molar-refractivity contribution >= 4 is 23.2 Å². The lowest BCUT2D eigenvalue weighted by Crippen LogP contribution is -2.27. The Morgan fingerprint density at radius 1 is 1.17 bits per heavy atom. The molecule has 0 aromatic heterocycles. The molecule has 2 rings (SSSR count). The molecule has 0 heterocycles. The summed E-state index contributed by atoms with van der Waals surface area (Å²) in [6.45, 7) is 4.10. The van der Waals surface area contributed by atoms with Crippen molar-refractivity contribution in [2.24, 2.45) is 5.92 Å². The quantitative estimate of drug-likeness (QED) is 0.842. The van der Waals surface area contributed by atoms with Crippen LogP contribution in [0.5, 0.6) is 0 Å². The van der Waals surface area contributed by atoms with Crippen LogP contribution in [0, 0.1) is 5.92 Å². The van der Waals surface area contributed by atoms with Crippen molar-refractivity contribution < 1.29 is 14.3 Å². The Labute approximate surface area is 137 Å². The Bertz CT molecular complexity index is 545. The van der Waals surface area contributed by atoms with E-state index >= 15 is 0 Å². The minimum atomic E-state index is -0.165. The van der Waals surface area contributed by atoms with Crippen LogP contribution in [0.3, 0.4) is 0 Å². The largest absolute Gasteiger partial charge is 0.368 e. The van der Waals surface area contributed by atoms with Gasteiger partial charge in [-0.25, -0.2) is 0 Å². The van der Waals surface area contributed by atoms with Gasteiger partial charge in [0.05, 0.1) is 6.10 Å². The Hall–Kier alpha value is -1.88. The van der Waals surface area contributed by atoms with Crippen LogP contribution in [0.2, 0.25) is 0 Å². The highest BCUT2D eigenvalue weighted by Crippen LogP contribution is 2.25. The monoisotopic (exact) mass is 318 g/mol. The number of carbonyl (C=O) groups is 2. The highest BCUT2D eigenvalue weighted by molar-refractivity contribution is 5.94. The van der Waals surface area contributed by atoms with E-state index in [1.807, 2.05) is 0 Å². The minimum absolute atomic E-state index is 0.0526. The zero-order valence-electron chi connectivity index (χ0n) is 13.9. The van der Waals surface area contributed by atoms with Crippen LogP contribution in [-0.4, -0.2) is 24.5 Å². The van der Waals surface area contributed by atoms with Crippen LogP contribution in [0.25, 0.3) is 0 Å². The maximum atomic E-state index is 12.0. The molecule has 1 aromatic rings. The van der Waals surface area contributed by atoms with Crippen molar-refractivity contribution in [2.75, 3.05) is 17.2 Å². The summed E-state index contributed by atoms with van der Waals surface area (Å²) in [4.78, 5) is 23.4. The van der Waals surface area contributed by atoms with Gasteiger partial charge in [0, 0.05) is 17.8 Å². The fourth-order valence-corrected chi connectivity index (χ4v) is 2.84. The topological polar surface area (TPSA) is 67.4 Å². The Morgan fingerprint density at radius 3 is 2.52 bits per heavy atom. The molecule has 0 spiro atoms. The highest BCUT2D eigenvalue weighted by Gasteiger charge is 2.20. The molecule has 1 aliphatic rings. The molecule has 1 aliphatic carbocycles. The molecule has 5 heteroatoms. The van der Waals surface area contributed by atoms with E-state index in [1.165, 1.54) is 12.8 Å². The van der Waals surface area contributed by atoms with Gasteiger partial charge in [0.1, 0.15) is 6.61 Å². The minimum Gasteiger partial charge on any atom is -0.368 e. The van der Waals surface area contributed by atoms with E-state index in [-0.39, 0.29) is 24.5 Å². The third kappa shape index (κ3) is 6.02. The fraction of sp³-hybridized carbons (Fsp3) is 0.556. The first kappa shape index (κ1) is 17.5. The van der Waals surface area contributed by atoms with Crippen LogP contribution in [-0.2, 0) is 14.3 Å². The summed E-state index contributed by atoms with van der Waals surface area (Å²) in [5, 5.41) is 5.58. The summed E-state index contributed by atoms with van der Waals surface area (Å²) >= 11 is 0. The van der Waals surface area contributed by atoms with E-state index in [0.29, 0.717) is 23.7 Å². The van der Waals surface area contributed by atoms with Gasteiger partial charge in [-0.3, -0.25) is 9.59 Å². The van der Waals surface area contributed by atoms with Crippen LogP contribution >= 0.6 is 0 Å². The van der Waals surface area contributed by atoms with Gasteiger partial charge < -0.3 is 15.4 Å². The number of anilines is 2. The van der Waals surface area contributed by atoms with Gasteiger partial charge >= 0.3 is 0 Å². The number of rotatable bonds is 6. The average molecular weight is 318 g/mol. The van der Waals surface area contributed by atoms with Crippen molar-refractivity contribution in [3.05, 3.63) is 24.3 Å². The third-order valence-electron chi connectivity index (χ3n) is 4.09. The molecular formula is C18H26N2O3. The van der Waals surface area contributed by atoms with Crippen LogP contribution < -0.4 is 10.6 Å². The first-order valence-corrected chi connectivity index (χ1v) is 8.38. The lowest BCUT2D eigenvalue weighted by molar-refractivity contribution is -0.123. The zero-order valence-corrected chi connectivity index (χ0v) is 13.9. The molecule has 1 fully saturated rings. The van der Waals surface area contributed by atoms with E-state index in [9.17, 15) is 9.59 Å². The van der Waals surface area contributed by atoms with Gasteiger partial charge in [0.2, 0.25) is 11.8 Å². The summed E-state index contributed by atoms with van der Waals surface area (Å²) in [5.41, 5.74) is 1.33. The molecule has 5 nitrogen and oxygen atoms in total. The molecule has 126 valence electrons. The van der Waals surface area contributed by atoms with Crippen LogP contribution in [0.4, 0.5) is 11.4 Å². The number of carbonyl (C=O) groups excluding carboxylic acids is 2. The van der Waals surface area contributed by atoms with E-state index in [4.69, 9.17) is 4.74 Å². The standard InChI is InChI=1S/C18H26N2O3/c1-3-17(21)19-14-7-5-8-15(11-14)20-18(22)12-23-16-9-4-6-13(2)10-16/h5,7-8,11,13,16H,3-4,6,9-10,12H2,1-2H3,(H,19,21)(H,20,22)/t13-,16-/m1/s1. The van der Waals surface area contributed by atoms with Crippen molar-refractivity contribution in [3.8, 4) is 0 Å². The number of ether oxygens (including phenoxy) is 1. The first-order chi connectivity index (χ1) is 11.1. The summed E-state index contributed by atoms with van der Waals surface area (Å²) in [6, 6.07) is 7.13. The van der Waals surface area contributed by atoms with Crippen molar-refractivity contribution in [1.29, 1.82) is 0 Å². The second kappa shape index (κ2) is 8.67. The van der Waals surface area contributed by atoms with Gasteiger partial charge in [0.15, 0.2) is 0 Å². The molecule has 2 amide bonds. The SMILES string of the molecule is CCC(=O)Nc1cccc(NC(=O)CO[C@@H]2CCC[C@@H](C)C2)c1. The van der Waals surface area contributed by atoms with E-state index < -0.39 is 0 Å². The predicted octanol–water partition coefficient (Wildman–Crippen LogP) is 3.57. The van der Waals surface area contributed by atoms with E-state index in [2.05, 4.69) is 17.6 Å². The predicted molar refractivity (Wildman–Crippen MR) is 91.4 cm³/mol. The molecule has 1 saturated carbocycles. The van der Waals surface area contributed by atoms with Gasteiger partial charge in [-0.05, 0) is 37.0 Å². The van der Waals surface area contributed by atoms with E-state index in [0.717, 1.165) is 12.8 Å². The van der Waals surface area contributed by atoms with Crippen LogP contribution in [0.15, 0.2) is 24.3 Å². The zero-order chi connectivity index (χ0) is 16.7. The van der Waals surface area contributed by atoms with Gasteiger partial charge in [-0.1, -0.05) is 32.8 Å². The summed E-state index contributed by atoms with van der Waals surface area (Å²) in [6.07, 6.45) is 5.11. The van der Waals surface area contributed by atoms with Crippen molar-refractivity contribution in [2.45, 2.75) is 52.1 Å². The molecule has 0 bridgehead atoms.